The molecule has 0 bridgehead atoms. The van der Waals surface area contributed by atoms with Crippen LogP contribution in [0.1, 0.15) is 52.4 Å². The van der Waals surface area contributed by atoms with E-state index in [1.165, 1.54) is 25.7 Å². The summed E-state index contributed by atoms with van der Waals surface area (Å²) in [5.41, 5.74) is 0. The van der Waals surface area contributed by atoms with E-state index in [-0.39, 0.29) is 0 Å². The molecule has 2 nitrogen and oxygen atoms in total. The highest BCUT2D eigenvalue weighted by molar-refractivity contribution is 6.99. The third-order valence-corrected chi connectivity index (χ3v) is 3.75. The van der Waals surface area contributed by atoms with Crippen LogP contribution in [0.3, 0.4) is 0 Å². The average Bonchev–Trinajstić information content (AvgIpc) is 2.19. The Morgan fingerprint density at radius 3 is 1.64 bits per heavy atom. The van der Waals surface area contributed by atoms with Crippen molar-refractivity contribution in [1.29, 1.82) is 0 Å². The molecule has 4 heteroatoms. The molecule has 0 radical (unpaired) electrons. The third-order valence-electron chi connectivity index (χ3n) is 1.99. The first-order chi connectivity index (χ1) is 6.81. The van der Waals surface area contributed by atoms with Gasteiger partial charge in [-0.15, -0.1) is 11.1 Å². The van der Waals surface area contributed by atoms with E-state index in [4.69, 9.17) is 19.9 Å². The summed E-state index contributed by atoms with van der Waals surface area (Å²) in [7, 11) is -1.82. The van der Waals surface area contributed by atoms with Crippen molar-refractivity contribution in [1.82, 2.24) is 0 Å². The SMILES string of the molecule is CCCCCO[SiH](Cl)OCCCCC. The number of halogens is 1. The van der Waals surface area contributed by atoms with Crippen molar-refractivity contribution < 1.29 is 8.85 Å². The standard InChI is InChI=1S/C10H23ClO2Si/c1-3-5-7-9-12-14(11)13-10-8-6-4-2/h14H,3-10H2,1-2H3. The van der Waals surface area contributed by atoms with Crippen LogP contribution >= 0.6 is 11.1 Å². The molecule has 0 aromatic rings. The summed E-state index contributed by atoms with van der Waals surface area (Å²) >= 11 is 5.93. The van der Waals surface area contributed by atoms with Crippen molar-refractivity contribution in [3.8, 4) is 0 Å². The monoisotopic (exact) mass is 238 g/mol. The second-order valence-electron chi connectivity index (χ2n) is 3.43. The molecule has 0 N–H and O–H groups in total. The van der Waals surface area contributed by atoms with Gasteiger partial charge in [0, 0.05) is 13.2 Å². The summed E-state index contributed by atoms with van der Waals surface area (Å²) in [6.45, 7) is 5.89. The van der Waals surface area contributed by atoms with Gasteiger partial charge in [-0.3, -0.25) is 0 Å². The number of rotatable bonds is 10. The quantitative estimate of drug-likeness (QED) is 0.330. The molecule has 0 rings (SSSR count). The highest BCUT2D eigenvalue weighted by Gasteiger charge is 2.07. The molecule has 0 fully saturated rings. The van der Waals surface area contributed by atoms with Gasteiger partial charge in [0.2, 0.25) is 0 Å². The second-order valence-corrected chi connectivity index (χ2v) is 5.71. The van der Waals surface area contributed by atoms with Gasteiger partial charge in [0.05, 0.1) is 0 Å². The Morgan fingerprint density at radius 2 is 1.29 bits per heavy atom. The Balaban J connectivity index is 3.07. The predicted octanol–water partition coefficient (Wildman–Crippen LogP) is 3.36. The molecular weight excluding hydrogens is 216 g/mol. The van der Waals surface area contributed by atoms with Crippen molar-refractivity contribution in [2.75, 3.05) is 13.2 Å². The van der Waals surface area contributed by atoms with Crippen LogP contribution in [0.15, 0.2) is 0 Å². The van der Waals surface area contributed by atoms with Crippen LogP contribution in [-0.4, -0.2) is 21.8 Å². The Labute approximate surface area is 94.5 Å². The van der Waals surface area contributed by atoms with Gasteiger partial charge in [-0.2, -0.15) is 0 Å². The fraction of sp³-hybridized carbons (Fsp3) is 1.00. The lowest BCUT2D eigenvalue weighted by atomic mass is 10.3. The van der Waals surface area contributed by atoms with E-state index in [9.17, 15) is 0 Å². The summed E-state index contributed by atoms with van der Waals surface area (Å²) in [5.74, 6) is 0. The van der Waals surface area contributed by atoms with Crippen molar-refractivity contribution in [3.05, 3.63) is 0 Å². The van der Waals surface area contributed by atoms with Gasteiger partial charge in [0.15, 0.2) is 0 Å². The maximum absolute atomic E-state index is 5.93. The van der Waals surface area contributed by atoms with E-state index in [2.05, 4.69) is 13.8 Å². The molecule has 0 unspecified atom stereocenters. The maximum Gasteiger partial charge on any atom is 0.426 e. The van der Waals surface area contributed by atoms with E-state index in [1.807, 2.05) is 0 Å². The third kappa shape index (κ3) is 10.5. The van der Waals surface area contributed by atoms with Gasteiger partial charge in [-0.1, -0.05) is 39.5 Å². The molecule has 0 amide bonds. The van der Waals surface area contributed by atoms with Gasteiger partial charge in [0.25, 0.3) is 0 Å². The lowest BCUT2D eigenvalue weighted by molar-refractivity contribution is 0.206. The lowest BCUT2D eigenvalue weighted by Gasteiger charge is -2.09. The number of hydrogen-bond acceptors (Lipinski definition) is 2. The fourth-order valence-electron chi connectivity index (χ4n) is 1.10. The maximum atomic E-state index is 5.93. The van der Waals surface area contributed by atoms with Crippen molar-refractivity contribution >= 4 is 19.7 Å². The predicted molar refractivity (Wildman–Crippen MR) is 64.0 cm³/mol. The van der Waals surface area contributed by atoms with Gasteiger partial charge in [-0.05, 0) is 12.8 Å². The summed E-state index contributed by atoms with van der Waals surface area (Å²) in [6, 6.07) is 0. The molecule has 14 heavy (non-hydrogen) atoms. The molecule has 86 valence electrons. The molecule has 0 saturated carbocycles. The lowest BCUT2D eigenvalue weighted by Crippen LogP contribution is -2.17. The highest BCUT2D eigenvalue weighted by Crippen LogP contribution is 2.02. The molecular formula is C10H23ClO2Si. The Bertz CT molecular complexity index is 102. The van der Waals surface area contributed by atoms with E-state index in [0.29, 0.717) is 0 Å². The van der Waals surface area contributed by atoms with E-state index < -0.39 is 8.59 Å². The minimum absolute atomic E-state index is 0.766. The molecule has 0 aromatic carbocycles. The van der Waals surface area contributed by atoms with Gasteiger partial charge >= 0.3 is 8.59 Å². The van der Waals surface area contributed by atoms with Gasteiger partial charge in [0.1, 0.15) is 0 Å². The normalized spacial score (nSPS) is 11.1. The minimum Gasteiger partial charge on any atom is -0.385 e. The van der Waals surface area contributed by atoms with Crippen LogP contribution in [0.25, 0.3) is 0 Å². The molecule has 0 spiro atoms. The Morgan fingerprint density at radius 1 is 0.857 bits per heavy atom. The van der Waals surface area contributed by atoms with E-state index in [1.54, 1.807) is 0 Å². The van der Waals surface area contributed by atoms with Crippen LogP contribution in [0.4, 0.5) is 0 Å². The zero-order valence-corrected chi connectivity index (χ0v) is 11.3. The topological polar surface area (TPSA) is 18.5 Å². The Hall–Kier alpha value is 0.427. The first kappa shape index (κ1) is 14.4. The minimum atomic E-state index is -1.82. The van der Waals surface area contributed by atoms with E-state index in [0.717, 1.165) is 26.1 Å². The van der Waals surface area contributed by atoms with Crippen molar-refractivity contribution in [3.63, 3.8) is 0 Å². The fourth-order valence-corrected chi connectivity index (χ4v) is 2.44. The van der Waals surface area contributed by atoms with Crippen molar-refractivity contribution in [2.45, 2.75) is 52.4 Å². The summed E-state index contributed by atoms with van der Waals surface area (Å²) < 4.78 is 10.8. The van der Waals surface area contributed by atoms with Gasteiger partial charge < -0.3 is 8.85 Å². The first-order valence-electron chi connectivity index (χ1n) is 5.68. The highest BCUT2D eigenvalue weighted by atomic mass is 35.6. The average molecular weight is 239 g/mol. The number of hydrogen-bond donors (Lipinski definition) is 0. The molecule has 0 saturated heterocycles. The summed E-state index contributed by atoms with van der Waals surface area (Å²) in [6.07, 6.45) is 7.07. The molecule has 0 aliphatic rings. The first-order valence-corrected chi connectivity index (χ1v) is 8.37. The number of unbranched alkanes of at least 4 members (excludes halogenated alkanes) is 4. The molecule has 0 aliphatic carbocycles. The van der Waals surface area contributed by atoms with Crippen LogP contribution in [-0.2, 0) is 8.85 Å². The van der Waals surface area contributed by atoms with E-state index >= 15 is 0 Å². The molecule has 0 aliphatic heterocycles. The van der Waals surface area contributed by atoms with Crippen LogP contribution < -0.4 is 0 Å². The largest absolute Gasteiger partial charge is 0.426 e. The summed E-state index contributed by atoms with van der Waals surface area (Å²) in [4.78, 5) is 0. The molecule has 0 aromatic heterocycles. The molecule has 0 heterocycles. The smallest absolute Gasteiger partial charge is 0.385 e. The van der Waals surface area contributed by atoms with Crippen molar-refractivity contribution in [2.24, 2.45) is 0 Å². The van der Waals surface area contributed by atoms with Crippen LogP contribution in [0.5, 0.6) is 0 Å². The van der Waals surface area contributed by atoms with Gasteiger partial charge in [-0.25, -0.2) is 0 Å². The summed E-state index contributed by atoms with van der Waals surface area (Å²) in [5, 5.41) is 0. The van der Waals surface area contributed by atoms with Crippen LogP contribution in [0.2, 0.25) is 0 Å². The molecule has 0 atom stereocenters. The zero-order valence-electron chi connectivity index (χ0n) is 9.43. The second kappa shape index (κ2) is 11.5. The van der Waals surface area contributed by atoms with Crippen LogP contribution in [0, 0.1) is 0 Å². The Kier molecular flexibility index (Phi) is 11.9. The zero-order chi connectivity index (χ0) is 10.6.